The first-order valence-corrected chi connectivity index (χ1v) is 5.20. The number of pyridine rings is 1. The van der Waals surface area contributed by atoms with Crippen molar-refractivity contribution in [3.8, 4) is 0 Å². The summed E-state index contributed by atoms with van der Waals surface area (Å²) in [6.07, 6.45) is 7.03. The van der Waals surface area contributed by atoms with Gasteiger partial charge in [-0.2, -0.15) is 0 Å². The first-order valence-electron chi connectivity index (χ1n) is 5.20. The molecule has 0 unspecified atom stereocenters. The number of hydrogen-bond acceptors (Lipinski definition) is 2. The number of hydrogen-bond donors (Lipinski definition) is 1. The minimum absolute atomic E-state index is 0.0610. The summed E-state index contributed by atoms with van der Waals surface area (Å²) in [5.41, 5.74) is 0.795. The highest BCUT2D eigenvalue weighted by atomic mass is 16.1. The predicted octanol–water partition coefficient (Wildman–Crippen LogP) is 2.01. The number of carbonyl (C=O) groups is 1. The Balaban J connectivity index is 2.34. The largest absolute Gasteiger partial charge is 0.353 e. The number of carbonyl (C=O) groups excluding carboxylic acids is 1. The van der Waals surface area contributed by atoms with Crippen molar-refractivity contribution in [2.75, 3.05) is 6.54 Å². The van der Waals surface area contributed by atoms with Crippen molar-refractivity contribution in [1.29, 1.82) is 0 Å². The van der Waals surface area contributed by atoms with Gasteiger partial charge in [-0.1, -0.05) is 19.4 Å². The normalized spacial score (nSPS) is 10.5. The summed E-state index contributed by atoms with van der Waals surface area (Å²) >= 11 is 0. The molecule has 3 heteroatoms. The van der Waals surface area contributed by atoms with E-state index in [0.29, 0.717) is 0 Å². The van der Waals surface area contributed by atoms with Gasteiger partial charge in [0.05, 0.1) is 5.69 Å². The predicted molar refractivity (Wildman–Crippen MR) is 61.2 cm³/mol. The van der Waals surface area contributed by atoms with E-state index in [-0.39, 0.29) is 5.91 Å². The third kappa shape index (κ3) is 4.96. The minimum atomic E-state index is -0.0610. The highest BCUT2D eigenvalue weighted by molar-refractivity contribution is 5.91. The molecule has 0 fully saturated rings. The van der Waals surface area contributed by atoms with E-state index >= 15 is 0 Å². The van der Waals surface area contributed by atoms with Crippen LogP contribution in [-0.4, -0.2) is 17.4 Å². The molecule has 1 heterocycles. The average molecular weight is 204 g/mol. The zero-order chi connectivity index (χ0) is 10.9. The third-order valence-electron chi connectivity index (χ3n) is 1.92. The highest BCUT2D eigenvalue weighted by Crippen LogP contribution is 1.95. The molecule has 1 aromatic rings. The van der Waals surface area contributed by atoms with E-state index in [0.717, 1.165) is 25.1 Å². The molecule has 0 aliphatic carbocycles. The van der Waals surface area contributed by atoms with Gasteiger partial charge in [0.2, 0.25) is 5.91 Å². The van der Waals surface area contributed by atoms with Crippen molar-refractivity contribution in [2.24, 2.45) is 0 Å². The van der Waals surface area contributed by atoms with Crippen LogP contribution in [0, 0.1) is 0 Å². The van der Waals surface area contributed by atoms with E-state index in [4.69, 9.17) is 0 Å². The zero-order valence-electron chi connectivity index (χ0n) is 8.94. The number of amides is 1. The van der Waals surface area contributed by atoms with Crippen LogP contribution in [0.5, 0.6) is 0 Å². The second kappa shape index (κ2) is 6.76. The van der Waals surface area contributed by atoms with Gasteiger partial charge in [-0.05, 0) is 24.6 Å². The summed E-state index contributed by atoms with van der Waals surface area (Å²) in [4.78, 5) is 15.3. The van der Waals surface area contributed by atoms with Crippen LogP contribution in [0.15, 0.2) is 30.5 Å². The molecule has 0 spiro atoms. The van der Waals surface area contributed by atoms with Crippen LogP contribution >= 0.6 is 0 Å². The maximum atomic E-state index is 11.3. The Morgan fingerprint density at radius 3 is 3.07 bits per heavy atom. The van der Waals surface area contributed by atoms with Gasteiger partial charge < -0.3 is 5.32 Å². The number of unbranched alkanes of at least 4 members (excludes halogenated alkanes) is 1. The van der Waals surface area contributed by atoms with Gasteiger partial charge in [0, 0.05) is 18.8 Å². The molecule has 0 bridgehead atoms. The van der Waals surface area contributed by atoms with Gasteiger partial charge in [-0.25, -0.2) is 0 Å². The Hall–Kier alpha value is -1.64. The summed E-state index contributed by atoms with van der Waals surface area (Å²) in [6, 6.07) is 5.59. The number of rotatable bonds is 5. The van der Waals surface area contributed by atoms with E-state index in [9.17, 15) is 4.79 Å². The molecule has 1 amide bonds. The Morgan fingerprint density at radius 2 is 2.40 bits per heavy atom. The molecule has 0 aliphatic heterocycles. The number of nitrogens with one attached hydrogen (secondary N) is 1. The van der Waals surface area contributed by atoms with Crippen molar-refractivity contribution in [3.05, 3.63) is 36.2 Å². The lowest BCUT2D eigenvalue weighted by molar-refractivity contribution is -0.116. The quantitative estimate of drug-likeness (QED) is 0.589. The molecule has 0 saturated heterocycles. The van der Waals surface area contributed by atoms with Crippen molar-refractivity contribution < 1.29 is 4.79 Å². The molecule has 1 aromatic heterocycles. The Kier molecular flexibility index (Phi) is 5.15. The van der Waals surface area contributed by atoms with Crippen LogP contribution in [-0.2, 0) is 4.79 Å². The molecule has 1 rings (SSSR count). The van der Waals surface area contributed by atoms with Crippen LogP contribution in [0.1, 0.15) is 25.5 Å². The third-order valence-corrected chi connectivity index (χ3v) is 1.92. The Bertz CT molecular complexity index is 320. The molecule has 3 nitrogen and oxygen atoms in total. The average Bonchev–Trinajstić information content (AvgIpc) is 2.28. The maximum absolute atomic E-state index is 11.3. The lowest BCUT2D eigenvalue weighted by Gasteiger charge is -1.98. The summed E-state index contributed by atoms with van der Waals surface area (Å²) in [5, 5.41) is 2.80. The van der Waals surface area contributed by atoms with E-state index in [1.807, 2.05) is 18.2 Å². The van der Waals surface area contributed by atoms with E-state index in [2.05, 4.69) is 17.2 Å². The summed E-state index contributed by atoms with van der Waals surface area (Å²) in [6.45, 7) is 2.83. The fraction of sp³-hybridized carbons (Fsp3) is 0.333. The number of nitrogens with zero attached hydrogens (tertiary/aromatic N) is 1. The van der Waals surface area contributed by atoms with Crippen LogP contribution in [0.25, 0.3) is 6.08 Å². The minimum Gasteiger partial charge on any atom is -0.353 e. The van der Waals surface area contributed by atoms with Crippen molar-refractivity contribution >= 4 is 12.0 Å². The van der Waals surface area contributed by atoms with Gasteiger partial charge in [0.15, 0.2) is 0 Å². The molecule has 1 N–H and O–H groups in total. The van der Waals surface area contributed by atoms with Crippen molar-refractivity contribution in [2.45, 2.75) is 19.8 Å². The summed E-state index contributed by atoms with van der Waals surface area (Å²) < 4.78 is 0. The van der Waals surface area contributed by atoms with Crippen LogP contribution in [0.2, 0.25) is 0 Å². The first kappa shape index (κ1) is 11.4. The summed E-state index contributed by atoms with van der Waals surface area (Å²) in [5.74, 6) is -0.0610. The lowest BCUT2D eigenvalue weighted by atomic mass is 10.3. The molecule has 0 atom stereocenters. The van der Waals surface area contributed by atoms with Gasteiger partial charge >= 0.3 is 0 Å². The van der Waals surface area contributed by atoms with E-state index in [1.54, 1.807) is 12.3 Å². The molecular weight excluding hydrogens is 188 g/mol. The topological polar surface area (TPSA) is 42.0 Å². The van der Waals surface area contributed by atoms with Crippen molar-refractivity contribution in [1.82, 2.24) is 10.3 Å². The first-order chi connectivity index (χ1) is 7.33. The lowest BCUT2D eigenvalue weighted by Crippen LogP contribution is -2.21. The van der Waals surface area contributed by atoms with Crippen LogP contribution < -0.4 is 5.32 Å². The van der Waals surface area contributed by atoms with E-state index in [1.165, 1.54) is 6.08 Å². The van der Waals surface area contributed by atoms with Crippen LogP contribution in [0.4, 0.5) is 0 Å². The van der Waals surface area contributed by atoms with Gasteiger partial charge in [-0.15, -0.1) is 0 Å². The number of aromatic nitrogens is 1. The summed E-state index contributed by atoms with van der Waals surface area (Å²) in [7, 11) is 0. The van der Waals surface area contributed by atoms with Gasteiger partial charge in [-0.3, -0.25) is 9.78 Å². The highest BCUT2D eigenvalue weighted by Gasteiger charge is 1.93. The second-order valence-electron chi connectivity index (χ2n) is 3.23. The smallest absolute Gasteiger partial charge is 0.244 e. The molecule has 0 saturated carbocycles. The molecular formula is C12H16N2O. The Morgan fingerprint density at radius 1 is 1.53 bits per heavy atom. The van der Waals surface area contributed by atoms with Gasteiger partial charge in [0.25, 0.3) is 0 Å². The second-order valence-corrected chi connectivity index (χ2v) is 3.23. The SMILES string of the molecule is CCCCNC(=O)/C=C/c1ccccn1. The van der Waals surface area contributed by atoms with Crippen LogP contribution in [0.3, 0.4) is 0 Å². The molecule has 0 aromatic carbocycles. The molecule has 0 radical (unpaired) electrons. The molecule has 0 aliphatic rings. The monoisotopic (exact) mass is 204 g/mol. The van der Waals surface area contributed by atoms with Gasteiger partial charge in [0.1, 0.15) is 0 Å². The molecule has 15 heavy (non-hydrogen) atoms. The standard InChI is InChI=1S/C12H16N2O/c1-2-3-9-14-12(15)8-7-11-6-4-5-10-13-11/h4-8,10H,2-3,9H2,1H3,(H,14,15)/b8-7+. The maximum Gasteiger partial charge on any atom is 0.244 e. The zero-order valence-corrected chi connectivity index (χ0v) is 8.94. The fourth-order valence-corrected chi connectivity index (χ4v) is 1.08. The van der Waals surface area contributed by atoms with E-state index < -0.39 is 0 Å². The van der Waals surface area contributed by atoms with Crippen molar-refractivity contribution in [3.63, 3.8) is 0 Å². The Labute approximate surface area is 90.2 Å². The fourth-order valence-electron chi connectivity index (χ4n) is 1.08. The molecule has 80 valence electrons.